The minimum Gasteiger partial charge on any atom is -0.370 e. The second kappa shape index (κ2) is 9.85. The topological polar surface area (TPSA) is 71.9 Å². The van der Waals surface area contributed by atoms with E-state index in [1.807, 2.05) is 36.4 Å². The fourth-order valence-electron chi connectivity index (χ4n) is 3.19. The molecule has 0 bridgehead atoms. The smallest absolute Gasteiger partial charge is 0.251 e. The first-order valence-electron chi connectivity index (χ1n) is 9.31. The fourth-order valence-corrected chi connectivity index (χ4v) is 3.19. The second-order valence-electron chi connectivity index (χ2n) is 6.65. The summed E-state index contributed by atoms with van der Waals surface area (Å²) in [7, 11) is 0. The van der Waals surface area contributed by atoms with Crippen molar-refractivity contribution in [1.29, 1.82) is 0 Å². The van der Waals surface area contributed by atoms with Crippen LogP contribution in [0.25, 0.3) is 0 Å². The van der Waals surface area contributed by atoms with E-state index in [0.717, 1.165) is 38.4 Å². The molecular formula is C21H26N3O3+. The van der Waals surface area contributed by atoms with Crippen LogP contribution in [0, 0.1) is 0 Å². The van der Waals surface area contributed by atoms with Gasteiger partial charge in [0, 0.05) is 5.56 Å². The number of rotatable bonds is 7. The fraction of sp³-hybridized carbons (Fsp3) is 0.333. The number of hydrogen-bond donors (Lipinski definition) is 3. The highest BCUT2D eigenvalue weighted by Gasteiger charge is 2.23. The molecule has 6 nitrogen and oxygen atoms in total. The molecule has 2 aromatic carbocycles. The van der Waals surface area contributed by atoms with E-state index in [1.54, 1.807) is 24.3 Å². The van der Waals surface area contributed by atoms with Crippen LogP contribution in [0.3, 0.4) is 0 Å². The van der Waals surface area contributed by atoms with Crippen LogP contribution in [0.1, 0.15) is 22.0 Å². The maximum Gasteiger partial charge on any atom is 0.251 e. The summed E-state index contributed by atoms with van der Waals surface area (Å²) in [5.41, 5.74) is 1.61. The SMILES string of the molecule is O=C(CNC(=O)c1ccccc1)N[C@H](C[NH+]1CCOCC1)c1ccccc1. The molecule has 1 aliphatic rings. The average molecular weight is 368 g/mol. The first-order valence-corrected chi connectivity index (χ1v) is 9.31. The Labute approximate surface area is 159 Å². The lowest BCUT2D eigenvalue weighted by atomic mass is 10.1. The van der Waals surface area contributed by atoms with E-state index in [0.29, 0.717) is 5.56 Å². The van der Waals surface area contributed by atoms with Gasteiger partial charge in [0.1, 0.15) is 25.7 Å². The highest BCUT2D eigenvalue weighted by atomic mass is 16.5. The van der Waals surface area contributed by atoms with E-state index < -0.39 is 0 Å². The van der Waals surface area contributed by atoms with Gasteiger partial charge in [0.2, 0.25) is 5.91 Å². The number of carbonyl (C=O) groups is 2. The van der Waals surface area contributed by atoms with E-state index in [4.69, 9.17) is 4.74 Å². The molecule has 1 saturated heterocycles. The maximum atomic E-state index is 12.4. The van der Waals surface area contributed by atoms with Crippen LogP contribution in [-0.2, 0) is 9.53 Å². The number of morpholine rings is 1. The summed E-state index contributed by atoms with van der Waals surface area (Å²) in [6, 6.07) is 18.7. The molecule has 2 aromatic rings. The van der Waals surface area contributed by atoms with Crippen LogP contribution >= 0.6 is 0 Å². The molecule has 3 N–H and O–H groups in total. The minimum absolute atomic E-state index is 0.0461. The summed E-state index contributed by atoms with van der Waals surface area (Å²) in [4.78, 5) is 26.0. The second-order valence-corrected chi connectivity index (χ2v) is 6.65. The van der Waals surface area contributed by atoms with Crippen molar-refractivity contribution >= 4 is 11.8 Å². The molecule has 1 atom stereocenters. The number of carbonyl (C=O) groups excluding carboxylic acids is 2. The molecule has 0 unspecified atom stereocenters. The van der Waals surface area contributed by atoms with Crippen molar-refractivity contribution in [3.8, 4) is 0 Å². The van der Waals surface area contributed by atoms with Crippen molar-refractivity contribution < 1.29 is 19.2 Å². The summed E-state index contributed by atoms with van der Waals surface area (Å²) in [5.74, 6) is -0.443. The van der Waals surface area contributed by atoms with Gasteiger partial charge in [-0.2, -0.15) is 0 Å². The molecule has 2 amide bonds. The zero-order chi connectivity index (χ0) is 18.9. The highest BCUT2D eigenvalue weighted by Crippen LogP contribution is 2.10. The monoisotopic (exact) mass is 368 g/mol. The Hall–Kier alpha value is -2.70. The molecule has 0 saturated carbocycles. The summed E-state index contributed by atoms with van der Waals surface area (Å²) in [6.07, 6.45) is 0. The van der Waals surface area contributed by atoms with Gasteiger partial charge in [-0.05, 0) is 17.7 Å². The Morgan fingerprint density at radius 2 is 1.59 bits per heavy atom. The molecule has 1 fully saturated rings. The number of nitrogens with one attached hydrogen (secondary N) is 3. The largest absolute Gasteiger partial charge is 0.370 e. The van der Waals surface area contributed by atoms with Crippen LogP contribution in [0.4, 0.5) is 0 Å². The molecule has 0 aliphatic carbocycles. The summed E-state index contributed by atoms with van der Waals surface area (Å²) in [5, 5.41) is 5.75. The third-order valence-corrected chi connectivity index (χ3v) is 4.68. The van der Waals surface area contributed by atoms with Gasteiger partial charge in [-0.1, -0.05) is 48.5 Å². The Kier molecular flexibility index (Phi) is 6.96. The standard InChI is InChI=1S/C21H25N3O3/c25-20(15-22-21(26)18-9-5-2-6-10-18)23-19(17-7-3-1-4-8-17)16-24-11-13-27-14-12-24/h1-10,19H,11-16H2,(H,22,26)(H,23,25)/p+1/t19-/m1/s1. The van der Waals surface area contributed by atoms with Crippen LogP contribution in [0.5, 0.6) is 0 Å². The lowest BCUT2D eigenvalue weighted by molar-refractivity contribution is -0.909. The Bertz CT molecular complexity index is 731. The van der Waals surface area contributed by atoms with Gasteiger partial charge in [0.15, 0.2) is 0 Å². The predicted octanol–water partition coefficient (Wildman–Crippen LogP) is 0.189. The third kappa shape index (κ3) is 5.91. The van der Waals surface area contributed by atoms with Crippen molar-refractivity contribution in [3.63, 3.8) is 0 Å². The van der Waals surface area contributed by atoms with E-state index in [9.17, 15) is 9.59 Å². The number of hydrogen-bond acceptors (Lipinski definition) is 3. The average Bonchev–Trinajstić information content (AvgIpc) is 2.73. The zero-order valence-electron chi connectivity index (χ0n) is 15.3. The van der Waals surface area contributed by atoms with Gasteiger partial charge in [0.25, 0.3) is 5.91 Å². The summed E-state index contributed by atoms with van der Waals surface area (Å²) >= 11 is 0. The number of amides is 2. The molecule has 6 heteroatoms. The quantitative estimate of drug-likeness (QED) is 0.653. The lowest BCUT2D eigenvalue weighted by Crippen LogP contribution is -3.14. The third-order valence-electron chi connectivity index (χ3n) is 4.68. The van der Waals surface area contributed by atoms with Crippen LogP contribution in [0.2, 0.25) is 0 Å². The van der Waals surface area contributed by atoms with Crippen molar-refractivity contribution in [1.82, 2.24) is 10.6 Å². The van der Waals surface area contributed by atoms with Gasteiger partial charge >= 0.3 is 0 Å². The minimum atomic E-state index is -0.249. The Balaban J connectivity index is 1.57. The molecule has 0 aromatic heterocycles. The van der Waals surface area contributed by atoms with Crippen molar-refractivity contribution in [2.75, 3.05) is 39.4 Å². The van der Waals surface area contributed by atoms with Gasteiger partial charge in [-0.3, -0.25) is 9.59 Å². The first kappa shape index (κ1) is 19.1. The van der Waals surface area contributed by atoms with E-state index >= 15 is 0 Å². The maximum absolute atomic E-state index is 12.4. The summed E-state index contributed by atoms with van der Waals surface area (Å²) < 4.78 is 5.42. The molecule has 0 radical (unpaired) electrons. The molecule has 3 rings (SSSR count). The Morgan fingerprint density at radius 3 is 2.26 bits per heavy atom. The number of benzene rings is 2. The Morgan fingerprint density at radius 1 is 0.963 bits per heavy atom. The normalized spacial score (nSPS) is 15.7. The van der Waals surface area contributed by atoms with E-state index in [1.165, 1.54) is 4.90 Å². The molecule has 27 heavy (non-hydrogen) atoms. The number of ether oxygens (including phenoxy) is 1. The summed E-state index contributed by atoms with van der Waals surface area (Å²) in [6.45, 7) is 4.12. The van der Waals surface area contributed by atoms with E-state index in [-0.39, 0.29) is 24.4 Å². The molecular weight excluding hydrogens is 342 g/mol. The molecule has 142 valence electrons. The van der Waals surface area contributed by atoms with Gasteiger partial charge in [-0.25, -0.2) is 0 Å². The first-order chi connectivity index (χ1) is 13.2. The van der Waals surface area contributed by atoms with E-state index in [2.05, 4.69) is 10.6 Å². The van der Waals surface area contributed by atoms with Crippen molar-refractivity contribution in [2.24, 2.45) is 0 Å². The van der Waals surface area contributed by atoms with Gasteiger partial charge in [0.05, 0.1) is 19.8 Å². The van der Waals surface area contributed by atoms with Crippen LogP contribution < -0.4 is 15.5 Å². The number of quaternary nitrogens is 1. The van der Waals surface area contributed by atoms with Crippen LogP contribution in [0.15, 0.2) is 60.7 Å². The molecule has 1 aliphatic heterocycles. The highest BCUT2D eigenvalue weighted by molar-refractivity contribution is 5.96. The predicted molar refractivity (Wildman–Crippen MR) is 102 cm³/mol. The lowest BCUT2D eigenvalue weighted by Gasteiger charge is -2.28. The van der Waals surface area contributed by atoms with Gasteiger partial charge < -0.3 is 20.3 Å². The molecule has 0 spiro atoms. The van der Waals surface area contributed by atoms with Gasteiger partial charge in [-0.15, -0.1) is 0 Å². The van der Waals surface area contributed by atoms with Crippen LogP contribution in [-0.4, -0.2) is 51.2 Å². The zero-order valence-corrected chi connectivity index (χ0v) is 15.3. The van der Waals surface area contributed by atoms with Crippen molar-refractivity contribution in [2.45, 2.75) is 6.04 Å². The van der Waals surface area contributed by atoms with Crippen molar-refractivity contribution in [3.05, 3.63) is 71.8 Å². The molecule has 1 heterocycles.